The standard InChI is InChI=1S/C29H37FN6O5S/c1-18-17-41-27-24-19(15-21(30)25(27)35-13-11-34(2)12-14-35)26(40)20(16-36(18)24)28-32-33-29(42-28)31-22(37)9-7-5-3-4-6-8-10-23(38)39/h15-16,18H,3-14,17H2,1-2H3,(H,38,39)(H,31,33,37)/t18-/m0/s1. The first-order valence-electron chi connectivity index (χ1n) is 14.6. The van der Waals surface area contributed by atoms with Gasteiger partial charge in [-0.3, -0.25) is 14.4 Å². The molecule has 0 saturated carbocycles. The van der Waals surface area contributed by atoms with Gasteiger partial charge >= 0.3 is 5.97 Å². The van der Waals surface area contributed by atoms with Crippen LogP contribution in [-0.4, -0.2) is 76.5 Å². The number of aliphatic carboxylic acids is 1. The van der Waals surface area contributed by atoms with Gasteiger partial charge in [-0.05, 0) is 32.9 Å². The lowest BCUT2D eigenvalue weighted by atomic mass is 10.1. The third-order valence-corrected chi connectivity index (χ3v) is 8.78. The molecule has 5 rings (SSSR count). The van der Waals surface area contributed by atoms with Crippen LogP contribution in [0.3, 0.4) is 0 Å². The van der Waals surface area contributed by atoms with Gasteiger partial charge in [-0.25, -0.2) is 4.39 Å². The van der Waals surface area contributed by atoms with E-state index >= 15 is 4.39 Å². The van der Waals surface area contributed by atoms with Crippen molar-refractivity contribution < 1.29 is 23.8 Å². The topological polar surface area (TPSA) is 130 Å². The molecule has 1 saturated heterocycles. The highest BCUT2D eigenvalue weighted by Gasteiger charge is 2.31. The van der Waals surface area contributed by atoms with Crippen LogP contribution in [0.15, 0.2) is 17.1 Å². The van der Waals surface area contributed by atoms with Crippen LogP contribution in [0.5, 0.6) is 5.75 Å². The molecule has 2 aromatic heterocycles. The lowest BCUT2D eigenvalue weighted by Gasteiger charge is -2.37. The second-order valence-corrected chi connectivity index (χ2v) is 12.1. The van der Waals surface area contributed by atoms with Crippen LogP contribution >= 0.6 is 11.3 Å². The molecule has 2 N–H and O–H groups in total. The molecule has 1 aromatic carbocycles. The Balaban J connectivity index is 1.29. The van der Waals surface area contributed by atoms with Gasteiger partial charge in [-0.2, -0.15) is 0 Å². The van der Waals surface area contributed by atoms with E-state index in [4.69, 9.17) is 9.84 Å². The lowest BCUT2D eigenvalue weighted by Crippen LogP contribution is -2.45. The average Bonchev–Trinajstić information content (AvgIpc) is 3.41. The minimum atomic E-state index is -0.769. The van der Waals surface area contributed by atoms with Crippen molar-refractivity contribution in [1.82, 2.24) is 19.7 Å². The fraction of sp³-hybridized carbons (Fsp3) is 0.552. The maximum Gasteiger partial charge on any atom is 0.303 e. The fourth-order valence-electron chi connectivity index (χ4n) is 5.52. The SMILES string of the molecule is C[C@H]1COc2c(N3CCN(C)CC3)c(F)cc3c(=O)c(-c4nnc(NC(=O)CCCCCCCCC(=O)O)s4)cn1c23. The highest BCUT2D eigenvalue weighted by Crippen LogP contribution is 2.42. The Morgan fingerprint density at radius 2 is 1.79 bits per heavy atom. The molecule has 1 amide bonds. The maximum atomic E-state index is 15.6. The molecule has 226 valence electrons. The summed E-state index contributed by atoms with van der Waals surface area (Å²) in [5.41, 5.74) is 0.927. The van der Waals surface area contributed by atoms with Crippen LogP contribution in [0.1, 0.15) is 64.3 Å². The predicted octanol–water partition coefficient (Wildman–Crippen LogP) is 4.51. The molecule has 0 unspecified atom stereocenters. The number of aromatic nitrogens is 3. The minimum absolute atomic E-state index is 0.0885. The summed E-state index contributed by atoms with van der Waals surface area (Å²) in [6, 6.07) is 1.22. The Morgan fingerprint density at radius 3 is 2.50 bits per heavy atom. The monoisotopic (exact) mass is 600 g/mol. The molecule has 4 heterocycles. The largest absolute Gasteiger partial charge is 0.487 e. The molecule has 0 aliphatic carbocycles. The lowest BCUT2D eigenvalue weighted by molar-refractivity contribution is -0.137. The van der Waals surface area contributed by atoms with Crippen molar-refractivity contribution in [1.29, 1.82) is 0 Å². The van der Waals surface area contributed by atoms with Crippen LogP contribution in [0.4, 0.5) is 15.2 Å². The molecule has 0 spiro atoms. The number of ether oxygens (including phenoxy) is 1. The van der Waals surface area contributed by atoms with E-state index in [9.17, 15) is 14.4 Å². The number of anilines is 2. The van der Waals surface area contributed by atoms with Gasteiger partial charge in [0.2, 0.25) is 11.0 Å². The predicted molar refractivity (Wildman–Crippen MR) is 160 cm³/mol. The first-order valence-corrected chi connectivity index (χ1v) is 15.4. The summed E-state index contributed by atoms with van der Waals surface area (Å²) >= 11 is 1.11. The zero-order valence-electron chi connectivity index (χ0n) is 24.0. The molecule has 0 bridgehead atoms. The average molecular weight is 601 g/mol. The molecule has 0 radical (unpaired) electrons. The summed E-state index contributed by atoms with van der Waals surface area (Å²) in [6.45, 7) is 5.28. The number of likely N-dealkylation sites (N-methyl/N-ethyl adjacent to an activating group) is 1. The van der Waals surface area contributed by atoms with E-state index in [1.807, 2.05) is 23.4 Å². The van der Waals surface area contributed by atoms with Gasteiger partial charge < -0.3 is 29.5 Å². The fourth-order valence-corrected chi connectivity index (χ4v) is 6.29. The van der Waals surface area contributed by atoms with E-state index in [1.54, 1.807) is 6.20 Å². The molecule has 42 heavy (non-hydrogen) atoms. The van der Waals surface area contributed by atoms with Gasteiger partial charge in [0.15, 0.2) is 22.0 Å². The molecular formula is C29H37FN6O5S. The van der Waals surface area contributed by atoms with Crippen LogP contribution < -0.4 is 20.4 Å². The molecule has 1 fully saturated rings. The van der Waals surface area contributed by atoms with Gasteiger partial charge in [0, 0.05) is 45.2 Å². The van der Waals surface area contributed by atoms with Crippen molar-refractivity contribution in [2.75, 3.05) is 50.1 Å². The van der Waals surface area contributed by atoms with E-state index in [-0.39, 0.29) is 29.2 Å². The van der Waals surface area contributed by atoms with Crippen molar-refractivity contribution in [2.24, 2.45) is 0 Å². The highest BCUT2D eigenvalue weighted by atomic mass is 32.1. The Morgan fingerprint density at radius 1 is 1.10 bits per heavy atom. The zero-order chi connectivity index (χ0) is 29.8. The summed E-state index contributed by atoms with van der Waals surface area (Å²) in [4.78, 5) is 40.9. The van der Waals surface area contributed by atoms with Gasteiger partial charge in [-0.15, -0.1) is 10.2 Å². The van der Waals surface area contributed by atoms with Gasteiger partial charge in [0.25, 0.3) is 0 Å². The molecular weight excluding hydrogens is 563 g/mol. The van der Waals surface area contributed by atoms with Crippen molar-refractivity contribution in [2.45, 2.75) is 64.3 Å². The summed E-state index contributed by atoms with van der Waals surface area (Å²) < 4.78 is 23.7. The number of carbonyl (C=O) groups is 2. The number of nitrogens with zero attached hydrogens (tertiary/aromatic N) is 5. The number of benzene rings is 1. The summed E-state index contributed by atoms with van der Waals surface area (Å²) in [7, 11) is 2.04. The zero-order valence-corrected chi connectivity index (χ0v) is 24.8. The smallest absolute Gasteiger partial charge is 0.303 e. The van der Waals surface area contributed by atoms with Crippen molar-refractivity contribution >= 4 is 44.9 Å². The quantitative estimate of drug-likeness (QED) is 0.289. The van der Waals surface area contributed by atoms with E-state index < -0.39 is 11.8 Å². The first kappa shape index (κ1) is 29.9. The summed E-state index contributed by atoms with van der Waals surface area (Å²) in [5.74, 6) is -1.03. The maximum absolute atomic E-state index is 15.6. The first-order chi connectivity index (χ1) is 20.2. The molecule has 2 aliphatic rings. The van der Waals surface area contributed by atoms with Crippen LogP contribution in [-0.2, 0) is 9.59 Å². The molecule has 13 heteroatoms. The second kappa shape index (κ2) is 13.2. The Labute approximate surface area is 247 Å². The number of unbranched alkanes of at least 4 members (excludes halogenated alkanes) is 5. The third kappa shape index (κ3) is 6.57. The van der Waals surface area contributed by atoms with E-state index in [0.717, 1.165) is 56.5 Å². The van der Waals surface area contributed by atoms with Gasteiger partial charge in [-0.1, -0.05) is 37.0 Å². The number of carbonyl (C=O) groups excluding carboxylic acids is 1. The Bertz CT molecular complexity index is 1520. The van der Waals surface area contributed by atoms with Crippen molar-refractivity contribution in [3.8, 4) is 16.3 Å². The van der Waals surface area contributed by atoms with E-state index in [0.29, 0.717) is 65.2 Å². The number of carboxylic acid groups (broad SMARTS) is 1. The van der Waals surface area contributed by atoms with Gasteiger partial charge in [0.05, 0.1) is 22.5 Å². The molecule has 2 aliphatic heterocycles. The highest BCUT2D eigenvalue weighted by molar-refractivity contribution is 7.18. The minimum Gasteiger partial charge on any atom is -0.487 e. The van der Waals surface area contributed by atoms with Crippen LogP contribution in [0, 0.1) is 5.82 Å². The molecule has 11 nitrogen and oxygen atoms in total. The Kier molecular flexibility index (Phi) is 9.37. The number of nitrogens with one attached hydrogen (secondary N) is 1. The number of amides is 1. The number of piperazine rings is 1. The summed E-state index contributed by atoms with van der Waals surface area (Å²) in [5, 5.41) is 20.6. The number of carboxylic acids is 1. The van der Waals surface area contributed by atoms with Gasteiger partial charge in [0.1, 0.15) is 12.3 Å². The van der Waals surface area contributed by atoms with E-state index in [1.165, 1.54) is 6.07 Å². The molecule has 3 aromatic rings. The van der Waals surface area contributed by atoms with E-state index in [2.05, 4.69) is 20.4 Å². The summed E-state index contributed by atoms with van der Waals surface area (Å²) in [6.07, 6.45) is 7.33. The number of rotatable bonds is 12. The number of pyridine rings is 1. The number of halogens is 1. The van der Waals surface area contributed by atoms with Crippen molar-refractivity contribution in [3.63, 3.8) is 0 Å². The second-order valence-electron chi connectivity index (χ2n) is 11.1. The Hall–Kier alpha value is -3.58. The van der Waals surface area contributed by atoms with Crippen LogP contribution in [0.2, 0.25) is 0 Å². The normalized spacial score (nSPS) is 16.9. The van der Waals surface area contributed by atoms with Crippen molar-refractivity contribution in [3.05, 3.63) is 28.3 Å². The van der Waals surface area contributed by atoms with Crippen LogP contribution in [0.25, 0.3) is 21.5 Å². The third-order valence-electron chi connectivity index (χ3n) is 7.91. The number of hydrogen-bond donors (Lipinski definition) is 2. The molecule has 1 atom stereocenters. The number of hydrogen-bond acceptors (Lipinski definition) is 9.